The Morgan fingerprint density at radius 1 is 1.24 bits per heavy atom. The molecule has 1 heterocycles. The molecule has 88 valence electrons. The predicted octanol–water partition coefficient (Wildman–Crippen LogP) is 0.840. The van der Waals surface area contributed by atoms with Crippen LogP contribution < -0.4 is 10.6 Å². The molecule has 1 aromatic rings. The minimum atomic E-state index is -0.500. The van der Waals surface area contributed by atoms with Gasteiger partial charge in [-0.1, -0.05) is 18.2 Å². The van der Waals surface area contributed by atoms with Crippen molar-refractivity contribution in [1.82, 2.24) is 0 Å². The number of carbonyl (C=O) groups excluding carboxylic acids is 2. The van der Waals surface area contributed by atoms with Gasteiger partial charge in [0, 0.05) is 18.0 Å². The zero-order valence-corrected chi connectivity index (χ0v) is 9.43. The molecule has 2 N–H and O–H groups in total. The lowest BCUT2D eigenvalue weighted by Crippen LogP contribution is -2.46. The van der Waals surface area contributed by atoms with E-state index < -0.39 is 11.9 Å². The molecule has 1 aromatic carbocycles. The summed E-state index contributed by atoms with van der Waals surface area (Å²) in [4.78, 5) is 25.3. The summed E-state index contributed by atoms with van der Waals surface area (Å²) in [6, 6.07) is 7.14. The number of para-hydroxylation sites is 1. The molecule has 0 bridgehead atoms. The van der Waals surface area contributed by atoms with Crippen LogP contribution in [0.2, 0.25) is 0 Å². The Kier molecular flexibility index (Phi) is 2.18. The van der Waals surface area contributed by atoms with E-state index in [1.807, 2.05) is 24.3 Å². The predicted molar refractivity (Wildman–Crippen MR) is 63.3 cm³/mol. The first-order valence-electron chi connectivity index (χ1n) is 5.89. The van der Waals surface area contributed by atoms with Crippen LogP contribution in [0.3, 0.4) is 0 Å². The van der Waals surface area contributed by atoms with Crippen LogP contribution in [0.15, 0.2) is 24.3 Å². The fourth-order valence-electron chi connectivity index (χ4n) is 2.41. The molecule has 1 unspecified atom stereocenters. The Bertz CT molecular complexity index is 494. The highest BCUT2D eigenvalue weighted by molar-refractivity contribution is 6.04. The van der Waals surface area contributed by atoms with Gasteiger partial charge in [0.05, 0.1) is 0 Å². The maximum atomic E-state index is 12.2. The number of hydrogen-bond donors (Lipinski definition) is 1. The molecule has 1 atom stereocenters. The van der Waals surface area contributed by atoms with Gasteiger partial charge in [-0.05, 0) is 24.5 Å². The number of nitrogens with zero attached hydrogens (tertiary/aromatic N) is 1. The van der Waals surface area contributed by atoms with E-state index >= 15 is 0 Å². The van der Waals surface area contributed by atoms with Crippen molar-refractivity contribution in [3.05, 3.63) is 29.8 Å². The fourth-order valence-corrected chi connectivity index (χ4v) is 2.41. The number of anilines is 1. The number of primary amides is 1. The van der Waals surface area contributed by atoms with Crippen LogP contribution >= 0.6 is 0 Å². The van der Waals surface area contributed by atoms with Gasteiger partial charge in [-0.2, -0.15) is 0 Å². The monoisotopic (exact) mass is 230 g/mol. The molecule has 2 amide bonds. The molecule has 0 radical (unpaired) electrons. The third kappa shape index (κ3) is 1.60. The molecule has 0 saturated heterocycles. The standard InChI is InChI=1S/C13H14N2O2/c14-12(16)11-7-9-3-1-2-4-10(9)15(11)13(17)8-5-6-8/h1-4,8,11H,5-7H2,(H2,14,16). The van der Waals surface area contributed by atoms with Crippen molar-refractivity contribution in [2.24, 2.45) is 11.7 Å². The molecule has 17 heavy (non-hydrogen) atoms. The number of nitrogens with two attached hydrogens (primary N) is 1. The van der Waals surface area contributed by atoms with Crippen LogP contribution in [-0.4, -0.2) is 17.9 Å². The molecule has 0 aromatic heterocycles. The van der Waals surface area contributed by atoms with Gasteiger partial charge in [0.2, 0.25) is 11.8 Å². The summed E-state index contributed by atoms with van der Waals surface area (Å²) in [6.07, 6.45) is 2.41. The highest BCUT2D eigenvalue weighted by atomic mass is 16.2. The Morgan fingerprint density at radius 2 is 1.94 bits per heavy atom. The van der Waals surface area contributed by atoms with Crippen LogP contribution in [0.1, 0.15) is 18.4 Å². The molecule has 2 aliphatic rings. The molecule has 4 heteroatoms. The zero-order valence-electron chi connectivity index (χ0n) is 9.43. The second kappa shape index (κ2) is 3.58. The van der Waals surface area contributed by atoms with Crippen LogP contribution in [0.5, 0.6) is 0 Å². The molecule has 1 saturated carbocycles. The van der Waals surface area contributed by atoms with Gasteiger partial charge in [0.25, 0.3) is 0 Å². The van der Waals surface area contributed by atoms with E-state index in [1.165, 1.54) is 0 Å². The molecule has 1 aliphatic carbocycles. The highest BCUT2D eigenvalue weighted by Crippen LogP contribution is 2.38. The van der Waals surface area contributed by atoms with E-state index in [9.17, 15) is 9.59 Å². The average Bonchev–Trinajstić information content (AvgIpc) is 3.08. The number of amides is 2. The number of rotatable bonds is 2. The van der Waals surface area contributed by atoms with Crippen LogP contribution in [-0.2, 0) is 16.0 Å². The van der Waals surface area contributed by atoms with Crippen LogP contribution in [0.25, 0.3) is 0 Å². The second-order valence-electron chi connectivity index (χ2n) is 4.73. The summed E-state index contributed by atoms with van der Waals surface area (Å²) >= 11 is 0. The van der Waals surface area contributed by atoms with Crippen molar-refractivity contribution in [3.8, 4) is 0 Å². The average molecular weight is 230 g/mol. The summed E-state index contributed by atoms with van der Waals surface area (Å²) in [5.41, 5.74) is 7.28. The number of carbonyl (C=O) groups is 2. The smallest absolute Gasteiger partial charge is 0.240 e. The van der Waals surface area contributed by atoms with Gasteiger partial charge >= 0.3 is 0 Å². The maximum Gasteiger partial charge on any atom is 0.240 e. The largest absolute Gasteiger partial charge is 0.368 e. The molecular weight excluding hydrogens is 216 g/mol. The Labute approximate surface area is 99.4 Å². The first-order valence-corrected chi connectivity index (χ1v) is 5.89. The van der Waals surface area contributed by atoms with Crippen LogP contribution in [0.4, 0.5) is 5.69 Å². The van der Waals surface area contributed by atoms with Gasteiger partial charge in [0.15, 0.2) is 0 Å². The lowest BCUT2D eigenvalue weighted by atomic mass is 10.1. The Morgan fingerprint density at radius 3 is 2.59 bits per heavy atom. The van der Waals surface area contributed by atoms with Crippen molar-refractivity contribution in [1.29, 1.82) is 0 Å². The molecule has 0 spiro atoms. The van der Waals surface area contributed by atoms with Gasteiger partial charge in [0.1, 0.15) is 6.04 Å². The van der Waals surface area contributed by atoms with Gasteiger partial charge in [-0.25, -0.2) is 0 Å². The summed E-state index contributed by atoms with van der Waals surface area (Å²) in [7, 11) is 0. The Hall–Kier alpha value is -1.84. The lowest BCUT2D eigenvalue weighted by Gasteiger charge is -2.23. The topological polar surface area (TPSA) is 63.4 Å². The SMILES string of the molecule is NC(=O)C1Cc2ccccc2N1C(=O)C1CC1. The summed E-state index contributed by atoms with van der Waals surface area (Å²) < 4.78 is 0. The van der Waals surface area contributed by atoms with E-state index in [2.05, 4.69) is 0 Å². The van der Waals surface area contributed by atoms with Crippen molar-refractivity contribution >= 4 is 17.5 Å². The first kappa shape index (κ1) is 10.3. The van der Waals surface area contributed by atoms with Crippen molar-refractivity contribution < 1.29 is 9.59 Å². The minimum absolute atomic E-state index is 0.0544. The highest BCUT2D eigenvalue weighted by Gasteiger charge is 2.42. The minimum Gasteiger partial charge on any atom is -0.368 e. The van der Waals surface area contributed by atoms with Crippen molar-refractivity contribution in [2.75, 3.05) is 4.90 Å². The van der Waals surface area contributed by atoms with Gasteiger partial charge in [-0.15, -0.1) is 0 Å². The van der Waals surface area contributed by atoms with E-state index in [4.69, 9.17) is 5.73 Å². The molecular formula is C13H14N2O2. The van der Waals surface area contributed by atoms with E-state index in [-0.39, 0.29) is 11.8 Å². The molecule has 4 nitrogen and oxygen atoms in total. The molecule has 3 rings (SSSR count). The maximum absolute atomic E-state index is 12.2. The van der Waals surface area contributed by atoms with E-state index in [0.717, 1.165) is 24.1 Å². The third-order valence-electron chi connectivity index (χ3n) is 3.47. The molecule has 1 fully saturated rings. The third-order valence-corrected chi connectivity index (χ3v) is 3.47. The fraction of sp³-hybridized carbons (Fsp3) is 0.385. The second-order valence-corrected chi connectivity index (χ2v) is 4.73. The summed E-state index contributed by atoms with van der Waals surface area (Å²) in [5, 5.41) is 0. The van der Waals surface area contributed by atoms with Crippen molar-refractivity contribution in [2.45, 2.75) is 25.3 Å². The first-order chi connectivity index (χ1) is 8.18. The summed E-state index contributed by atoms with van der Waals surface area (Å²) in [6.45, 7) is 0. The van der Waals surface area contributed by atoms with Gasteiger partial charge < -0.3 is 5.73 Å². The lowest BCUT2D eigenvalue weighted by molar-refractivity contribution is -0.124. The number of hydrogen-bond acceptors (Lipinski definition) is 2. The number of fused-ring (bicyclic) bond motifs is 1. The number of benzene rings is 1. The van der Waals surface area contributed by atoms with E-state index in [0.29, 0.717) is 6.42 Å². The summed E-state index contributed by atoms with van der Waals surface area (Å²) in [5.74, 6) is -0.267. The normalized spacial score (nSPS) is 22.4. The quantitative estimate of drug-likeness (QED) is 0.818. The Balaban J connectivity index is 2.01. The van der Waals surface area contributed by atoms with Crippen LogP contribution in [0, 0.1) is 5.92 Å². The van der Waals surface area contributed by atoms with Gasteiger partial charge in [-0.3, -0.25) is 14.5 Å². The molecule has 1 aliphatic heterocycles. The van der Waals surface area contributed by atoms with E-state index in [1.54, 1.807) is 4.90 Å². The zero-order chi connectivity index (χ0) is 12.0. The van der Waals surface area contributed by atoms with Crippen molar-refractivity contribution in [3.63, 3.8) is 0 Å².